The summed E-state index contributed by atoms with van der Waals surface area (Å²) in [7, 11) is 0. The molecule has 0 amide bonds. The van der Waals surface area contributed by atoms with Gasteiger partial charge < -0.3 is 14.4 Å². The molecule has 6 nitrogen and oxygen atoms in total. The number of H-pyrrole nitrogens is 2. The van der Waals surface area contributed by atoms with Gasteiger partial charge in [-0.3, -0.25) is 9.69 Å². The number of hydrogen-bond donors (Lipinski definition) is 2. The summed E-state index contributed by atoms with van der Waals surface area (Å²) in [4.78, 5) is 25.7. The van der Waals surface area contributed by atoms with E-state index in [0.717, 1.165) is 52.1 Å². The van der Waals surface area contributed by atoms with Crippen molar-refractivity contribution in [2.75, 3.05) is 6.54 Å². The van der Waals surface area contributed by atoms with Crippen molar-refractivity contribution in [3.8, 4) is 0 Å². The molecule has 136 valence electrons. The zero-order valence-corrected chi connectivity index (χ0v) is 15.0. The molecule has 0 radical (unpaired) electrons. The molecule has 4 heterocycles. The highest BCUT2D eigenvalue weighted by atomic mass is 16.3. The second-order valence-electron chi connectivity index (χ2n) is 7.12. The van der Waals surface area contributed by atoms with Crippen LogP contribution in [0.2, 0.25) is 0 Å². The fourth-order valence-corrected chi connectivity index (χ4v) is 3.95. The first-order chi connectivity index (χ1) is 13.2. The van der Waals surface area contributed by atoms with Gasteiger partial charge in [-0.25, -0.2) is 4.98 Å². The third-order valence-electron chi connectivity index (χ3n) is 5.29. The summed E-state index contributed by atoms with van der Waals surface area (Å²) in [6, 6.07) is 11.9. The highest BCUT2D eigenvalue weighted by molar-refractivity contribution is 5.79. The largest absolute Gasteiger partial charge is 0.467 e. The van der Waals surface area contributed by atoms with E-state index in [1.807, 2.05) is 31.2 Å². The molecule has 27 heavy (non-hydrogen) atoms. The number of aromatic amines is 2. The van der Waals surface area contributed by atoms with Crippen molar-refractivity contribution < 1.29 is 4.42 Å². The minimum atomic E-state index is -0.0943. The quantitative estimate of drug-likeness (QED) is 0.588. The Balaban J connectivity index is 1.55. The van der Waals surface area contributed by atoms with Gasteiger partial charge in [-0.05, 0) is 42.1 Å². The molecular weight excluding hydrogens is 340 g/mol. The lowest BCUT2D eigenvalue weighted by atomic mass is 9.99. The average Bonchev–Trinajstić information content (AvgIpc) is 3.34. The monoisotopic (exact) mass is 360 g/mol. The van der Waals surface area contributed by atoms with Crippen LogP contribution in [0, 0.1) is 6.92 Å². The fourth-order valence-electron chi connectivity index (χ4n) is 3.95. The van der Waals surface area contributed by atoms with E-state index in [4.69, 9.17) is 4.42 Å². The molecule has 0 spiro atoms. The second kappa shape index (κ2) is 6.25. The molecule has 0 saturated heterocycles. The molecule has 4 aromatic rings. The topological polar surface area (TPSA) is 77.9 Å². The number of rotatable bonds is 3. The first-order valence-electron chi connectivity index (χ1n) is 9.11. The maximum Gasteiger partial charge on any atom is 0.252 e. The summed E-state index contributed by atoms with van der Waals surface area (Å²) in [5, 5.41) is 1.04. The Morgan fingerprint density at radius 2 is 2.22 bits per heavy atom. The number of aryl methyl sites for hydroxylation is 1. The normalized spacial score (nSPS) is 17.3. The minimum absolute atomic E-state index is 0.0425. The van der Waals surface area contributed by atoms with Gasteiger partial charge in [0.15, 0.2) is 0 Å². The van der Waals surface area contributed by atoms with Crippen molar-refractivity contribution in [2.24, 2.45) is 0 Å². The van der Waals surface area contributed by atoms with Crippen LogP contribution in [0.15, 0.2) is 58.2 Å². The molecule has 0 fully saturated rings. The van der Waals surface area contributed by atoms with Crippen molar-refractivity contribution in [3.63, 3.8) is 0 Å². The Morgan fingerprint density at radius 1 is 1.30 bits per heavy atom. The molecular formula is C21H20N4O2. The molecule has 1 unspecified atom stereocenters. The first-order valence-corrected chi connectivity index (χ1v) is 9.11. The zero-order valence-electron chi connectivity index (χ0n) is 15.0. The first kappa shape index (κ1) is 16.1. The molecule has 6 heteroatoms. The number of furan rings is 1. The number of pyridine rings is 1. The van der Waals surface area contributed by atoms with Gasteiger partial charge in [-0.1, -0.05) is 12.1 Å². The van der Waals surface area contributed by atoms with Crippen LogP contribution in [0.4, 0.5) is 0 Å². The van der Waals surface area contributed by atoms with E-state index in [1.54, 1.807) is 12.6 Å². The van der Waals surface area contributed by atoms with Gasteiger partial charge in [0.05, 0.1) is 18.3 Å². The predicted molar refractivity (Wildman–Crippen MR) is 103 cm³/mol. The number of benzene rings is 1. The molecule has 1 aliphatic heterocycles. The Labute approximate surface area is 155 Å². The smallest absolute Gasteiger partial charge is 0.252 e. The molecule has 5 rings (SSSR count). The highest BCUT2D eigenvalue weighted by Gasteiger charge is 2.33. The van der Waals surface area contributed by atoms with Crippen molar-refractivity contribution in [2.45, 2.75) is 25.9 Å². The summed E-state index contributed by atoms with van der Waals surface area (Å²) in [5.41, 5.74) is 4.83. The Morgan fingerprint density at radius 3 is 3.07 bits per heavy atom. The number of imidazole rings is 1. The third-order valence-corrected chi connectivity index (χ3v) is 5.29. The van der Waals surface area contributed by atoms with Gasteiger partial charge >= 0.3 is 0 Å². The Bertz CT molecular complexity index is 1160. The second-order valence-corrected chi connectivity index (χ2v) is 7.12. The number of fused-ring (bicyclic) bond motifs is 2. The molecule has 0 bridgehead atoms. The van der Waals surface area contributed by atoms with E-state index < -0.39 is 0 Å². The van der Waals surface area contributed by atoms with E-state index in [1.165, 1.54) is 0 Å². The van der Waals surface area contributed by atoms with Crippen LogP contribution in [0.3, 0.4) is 0 Å². The minimum Gasteiger partial charge on any atom is -0.467 e. The van der Waals surface area contributed by atoms with E-state index in [-0.39, 0.29) is 11.6 Å². The summed E-state index contributed by atoms with van der Waals surface area (Å²) in [6.45, 7) is 3.39. The highest BCUT2D eigenvalue weighted by Crippen LogP contribution is 2.34. The summed E-state index contributed by atoms with van der Waals surface area (Å²) in [5.74, 6) is 0.843. The molecule has 3 aromatic heterocycles. The summed E-state index contributed by atoms with van der Waals surface area (Å²) in [6.07, 6.45) is 4.28. The van der Waals surface area contributed by atoms with Crippen LogP contribution in [0.1, 0.15) is 34.3 Å². The molecule has 1 atom stereocenters. The molecule has 0 saturated carbocycles. The Kier molecular flexibility index (Phi) is 3.72. The maximum atomic E-state index is 12.7. The van der Waals surface area contributed by atoms with Gasteiger partial charge in [0, 0.05) is 36.3 Å². The van der Waals surface area contributed by atoms with Gasteiger partial charge in [0.25, 0.3) is 5.56 Å². The van der Waals surface area contributed by atoms with E-state index >= 15 is 0 Å². The number of aromatic nitrogens is 3. The molecule has 1 aliphatic rings. The van der Waals surface area contributed by atoms with Crippen LogP contribution in [-0.4, -0.2) is 26.4 Å². The van der Waals surface area contributed by atoms with Gasteiger partial charge in [0.1, 0.15) is 11.8 Å². The van der Waals surface area contributed by atoms with Crippen molar-refractivity contribution >= 4 is 10.9 Å². The molecule has 0 aliphatic carbocycles. The summed E-state index contributed by atoms with van der Waals surface area (Å²) >= 11 is 0. The predicted octanol–water partition coefficient (Wildman–Crippen LogP) is 3.30. The van der Waals surface area contributed by atoms with E-state index in [2.05, 4.69) is 32.0 Å². The van der Waals surface area contributed by atoms with Gasteiger partial charge in [-0.15, -0.1) is 0 Å². The lowest BCUT2D eigenvalue weighted by Crippen LogP contribution is -2.37. The number of nitrogens with one attached hydrogen (secondary N) is 2. The lowest BCUT2D eigenvalue weighted by molar-refractivity contribution is 0.178. The van der Waals surface area contributed by atoms with Crippen molar-refractivity contribution in [1.82, 2.24) is 19.9 Å². The van der Waals surface area contributed by atoms with Crippen LogP contribution in [-0.2, 0) is 13.0 Å². The van der Waals surface area contributed by atoms with E-state index in [0.29, 0.717) is 6.54 Å². The third kappa shape index (κ3) is 2.78. The number of nitrogens with zero attached hydrogens (tertiary/aromatic N) is 2. The zero-order chi connectivity index (χ0) is 18.4. The van der Waals surface area contributed by atoms with Crippen molar-refractivity contribution in [3.05, 3.63) is 87.6 Å². The van der Waals surface area contributed by atoms with Crippen LogP contribution in [0.25, 0.3) is 10.9 Å². The standard InChI is InChI=1S/C21H20N4O2/c1-13-4-5-14-10-15(21(26)24-17(14)9-13)11-25-7-6-16-19(23-12-22-16)20(25)18-3-2-8-27-18/h2-5,8-10,12,20H,6-7,11H2,1H3,(H,22,23)(H,24,26). The number of hydrogen-bond acceptors (Lipinski definition) is 4. The lowest BCUT2D eigenvalue weighted by Gasteiger charge is -2.33. The Hall–Kier alpha value is -3.12. The molecule has 1 aromatic carbocycles. The van der Waals surface area contributed by atoms with Gasteiger partial charge in [-0.2, -0.15) is 0 Å². The van der Waals surface area contributed by atoms with Crippen molar-refractivity contribution in [1.29, 1.82) is 0 Å². The maximum absolute atomic E-state index is 12.7. The van der Waals surface area contributed by atoms with E-state index in [9.17, 15) is 4.79 Å². The molecule has 2 N–H and O–H groups in total. The van der Waals surface area contributed by atoms with Gasteiger partial charge in [0.2, 0.25) is 0 Å². The van der Waals surface area contributed by atoms with Crippen LogP contribution < -0.4 is 5.56 Å². The van der Waals surface area contributed by atoms with Crippen LogP contribution in [0.5, 0.6) is 0 Å². The fraction of sp³-hybridized carbons (Fsp3) is 0.238. The van der Waals surface area contributed by atoms with Crippen LogP contribution >= 0.6 is 0 Å². The summed E-state index contributed by atoms with van der Waals surface area (Å²) < 4.78 is 5.70. The average molecular weight is 360 g/mol. The SMILES string of the molecule is Cc1ccc2cc(CN3CCc4[nH]cnc4C3c3ccco3)c(=O)[nH]c2c1.